The lowest BCUT2D eigenvalue weighted by molar-refractivity contribution is -0.120. The molecule has 0 spiro atoms. The van der Waals surface area contributed by atoms with Crippen LogP contribution >= 0.6 is 0 Å². The molecule has 3 aromatic rings. The second-order valence-electron chi connectivity index (χ2n) is 7.57. The molecule has 150 valence electrons. The number of piperidine rings is 1. The van der Waals surface area contributed by atoms with Crippen LogP contribution in [0.5, 0.6) is 0 Å². The van der Waals surface area contributed by atoms with Crippen molar-refractivity contribution in [1.82, 2.24) is 4.31 Å². The maximum atomic E-state index is 13.0. The van der Waals surface area contributed by atoms with Crippen molar-refractivity contribution < 1.29 is 13.2 Å². The molecule has 29 heavy (non-hydrogen) atoms. The first kappa shape index (κ1) is 19.6. The third-order valence-corrected chi connectivity index (χ3v) is 7.31. The van der Waals surface area contributed by atoms with Crippen molar-refractivity contribution in [2.45, 2.75) is 24.7 Å². The topological polar surface area (TPSA) is 66.5 Å². The highest BCUT2D eigenvalue weighted by Crippen LogP contribution is 2.26. The Morgan fingerprint density at radius 1 is 1.00 bits per heavy atom. The van der Waals surface area contributed by atoms with Gasteiger partial charge in [-0.05, 0) is 54.8 Å². The van der Waals surface area contributed by atoms with Crippen LogP contribution in [0.25, 0.3) is 10.8 Å². The summed E-state index contributed by atoms with van der Waals surface area (Å²) in [7, 11) is -3.59. The largest absolute Gasteiger partial charge is 0.326 e. The number of nitrogens with one attached hydrogen (secondary N) is 1. The fourth-order valence-electron chi connectivity index (χ4n) is 3.75. The minimum absolute atomic E-state index is 0.135. The van der Waals surface area contributed by atoms with Gasteiger partial charge < -0.3 is 5.32 Å². The van der Waals surface area contributed by atoms with E-state index in [0.29, 0.717) is 19.4 Å². The number of hydrogen-bond acceptors (Lipinski definition) is 3. The predicted molar refractivity (Wildman–Crippen MR) is 115 cm³/mol. The van der Waals surface area contributed by atoms with Gasteiger partial charge in [0.2, 0.25) is 15.9 Å². The fraction of sp³-hybridized carbons (Fsp3) is 0.261. The van der Waals surface area contributed by atoms with Gasteiger partial charge in [0.05, 0.1) is 10.8 Å². The summed E-state index contributed by atoms with van der Waals surface area (Å²) in [5.41, 5.74) is 1.74. The van der Waals surface area contributed by atoms with Gasteiger partial charge in [0.25, 0.3) is 0 Å². The molecule has 1 atom stereocenters. The van der Waals surface area contributed by atoms with Crippen molar-refractivity contribution in [3.63, 3.8) is 0 Å². The minimum Gasteiger partial charge on any atom is -0.326 e. The molecule has 4 rings (SSSR count). The van der Waals surface area contributed by atoms with Gasteiger partial charge >= 0.3 is 0 Å². The maximum absolute atomic E-state index is 13.0. The van der Waals surface area contributed by atoms with Gasteiger partial charge in [-0.15, -0.1) is 0 Å². The van der Waals surface area contributed by atoms with Gasteiger partial charge in [0, 0.05) is 18.8 Å². The van der Waals surface area contributed by atoms with Crippen molar-refractivity contribution in [3.05, 3.63) is 72.3 Å². The molecular formula is C23H24N2O3S. The molecule has 0 bridgehead atoms. The monoisotopic (exact) mass is 408 g/mol. The fourth-order valence-corrected chi connectivity index (χ4v) is 5.27. The van der Waals surface area contributed by atoms with E-state index in [9.17, 15) is 13.2 Å². The van der Waals surface area contributed by atoms with E-state index in [4.69, 9.17) is 0 Å². The van der Waals surface area contributed by atoms with Crippen LogP contribution in [0.4, 0.5) is 5.69 Å². The zero-order valence-corrected chi connectivity index (χ0v) is 17.2. The number of sulfonamides is 1. The summed E-state index contributed by atoms with van der Waals surface area (Å²) in [6.45, 7) is 2.57. The summed E-state index contributed by atoms with van der Waals surface area (Å²) >= 11 is 0. The van der Waals surface area contributed by atoms with Gasteiger partial charge in [-0.1, -0.05) is 48.0 Å². The van der Waals surface area contributed by atoms with Crippen molar-refractivity contribution in [2.75, 3.05) is 18.4 Å². The molecule has 5 nitrogen and oxygen atoms in total. The Kier molecular flexibility index (Phi) is 5.39. The van der Waals surface area contributed by atoms with Crippen molar-refractivity contribution >= 4 is 32.4 Å². The van der Waals surface area contributed by atoms with E-state index < -0.39 is 10.0 Å². The van der Waals surface area contributed by atoms with Crippen LogP contribution in [0, 0.1) is 12.8 Å². The van der Waals surface area contributed by atoms with Gasteiger partial charge in [-0.2, -0.15) is 4.31 Å². The Hall–Kier alpha value is -2.70. The predicted octanol–water partition coefficient (Wildman–Crippen LogP) is 4.19. The number of hydrogen-bond donors (Lipinski definition) is 1. The van der Waals surface area contributed by atoms with Crippen LogP contribution in [-0.2, 0) is 14.8 Å². The number of rotatable bonds is 4. The lowest BCUT2D eigenvalue weighted by Gasteiger charge is -2.31. The van der Waals surface area contributed by atoms with E-state index in [1.165, 1.54) is 4.31 Å². The molecule has 1 heterocycles. The molecule has 6 heteroatoms. The molecule has 1 fully saturated rings. The molecule has 0 aromatic heterocycles. The SMILES string of the molecule is Cc1ccc(S(=O)(=O)N2CCCC(C(=O)Nc3ccc4ccccc4c3)C2)cc1. The van der Waals surface area contributed by atoms with Crippen LogP contribution in [-0.4, -0.2) is 31.7 Å². The summed E-state index contributed by atoms with van der Waals surface area (Å²) < 4.78 is 27.4. The molecule has 0 radical (unpaired) electrons. The van der Waals surface area contributed by atoms with Gasteiger partial charge in [-0.25, -0.2) is 8.42 Å². The first-order valence-electron chi connectivity index (χ1n) is 9.80. The molecular weight excluding hydrogens is 384 g/mol. The number of fused-ring (bicyclic) bond motifs is 1. The normalized spacial score (nSPS) is 17.9. The average molecular weight is 409 g/mol. The maximum Gasteiger partial charge on any atom is 0.243 e. The van der Waals surface area contributed by atoms with Crippen LogP contribution in [0.15, 0.2) is 71.6 Å². The summed E-state index contributed by atoms with van der Waals surface area (Å²) in [5, 5.41) is 5.13. The lowest BCUT2D eigenvalue weighted by atomic mass is 9.98. The highest BCUT2D eigenvalue weighted by Gasteiger charge is 2.33. The molecule has 1 saturated heterocycles. The second-order valence-corrected chi connectivity index (χ2v) is 9.50. The van der Waals surface area contributed by atoms with Crippen LogP contribution < -0.4 is 5.32 Å². The third kappa shape index (κ3) is 4.18. The van der Waals surface area contributed by atoms with E-state index >= 15 is 0 Å². The molecule has 1 aliphatic heterocycles. The number of anilines is 1. The Bertz CT molecular complexity index is 1140. The number of carbonyl (C=O) groups excluding carboxylic acids is 1. The quantitative estimate of drug-likeness (QED) is 0.704. The summed E-state index contributed by atoms with van der Waals surface area (Å²) in [6.07, 6.45) is 1.35. The van der Waals surface area contributed by atoms with E-state index in [0.717, 1.165) is 22.0 Å². The smallest absolute Gasteiger partial charge is 0.243 e. The number of benzene rings is 3. The summed E-state index contributed by atoms with van der Waals surface area (Å²) in [6, 6.07) is 20.6. The standard InChI is InChI=1S/C23H24N2O3S/c1-17-8-12-22(13-9-17)29(27,28)25-14-4-7-20(16-25)23(26)24-21-11-10-18-5-2-3-6-19(18)15-21/h2-3,5-6,8-13,15,20H,4,7,14,16H2,1H3,(H,24,26). The highest BCUT2D eigenvalue weighted by atomic mass is 32.2. The summed E-state index contributed by atoms with van der Waals surface area (Å²) in [5.74, 6) is -0.500. The Labute approximate surface area is 171 Å². The molecule has 1 unspecified atom stereocenters. The van der Waals surface area contributed by atoms with Gasteiger partial charge in [0.15, 0.2) is 0 Å². The highest BCUT2D eigenvalue weighted by molar-refractivity contribution is 7.89. The zero-order valence-electron chi connectivity index (χ0n) is 16.3. The number of nitrogens with zero attached hydrogens (tertiary/aromatic N) is 1. The zero-order chi connectivity index (χ0) is 20.4. The average Bonchev–Trinajstić information content (AvgIpc) is 2.74. The lowest BCUT2D eigenvalue weighted by Crippen LogP contribution is -2.43. The molecule has 1 aliphatic rings. The van der Waals surface area contributed by atoms with Crippen LogP contribution in [0.2, 0.25) is 0 Å². The Morgan fingerprint density at radius 2 is 1.72 bits per heavy atom. The van der Waals surface area contributed by atoms with Gasteiger partial charge in [-0.3, -0.25) is 4.79 Å². The Balaban J connectivity index is 1.48. The number of amides is 1. The summed E-state index contributed by atoms with van der Waals surface area (Å²) in [4.78, 5) is 13.1. The molecule has 0 aliphatic carbocycles. The Morgan fingerprint density at radius 3 is 2.48 bits per heavy atom. The van der Waals surface area contributed by atoms with Crippen molar-refractivity contribution in [1.29, 1.82) is 0 Å². The minimum atomic E-state index is -3.59. The van der Waals surface area contributed by atoms with E-state index in [1.807, 2.05) is 49.4 Å². The van der Waals surface area contributed by atoms with Crippen LogP contribution in [0.1, 0.15) is 18.4 Å². The first-order chi connectivity index (χ1) is 13.9. The van der Waals surface area contributed by atoms with E-state index in [-0.39, 0.29) is 23.3 Å². The van der Waals surface area contributed by atoms with Gasteiger partial charge in [0.1, 0.15) is 0 Å². The second kappa shape index (κ2) is 7.97. The number of carbonyl (C=O) groups is 1. The third-order valence-electron chi connectivity index (χ3n) is 5.43. The molecule has 3 aromatic carbocycles. The van der Waals surface area contributed by atoms with Crippen molar-refractivity contribution in [2.24, 2.45) is 5.92 Å². The van der Waals surface area contributed by atoms with E-state index in [1.54, 1.807) is 24.3 Å². The molecule has 1 amide bonds. The van der Waals surface area contributed by atoms with Crippen molar-refractivity contribution in [3.8, 4) is 0 Å². The molecule has 0 saturated carbocycles. The number of aryl methyl sites for hydroxylation is 1. The van der Waals surface area contributed by atoms with E-state index in [2.05, 4.69) is 5.32 Å². The molecule has 1 N–H and O–H groups in total. The first-order valence-corrected chi connectivity index (χ1v) is 11.2. The van der Waals surface area contributed by atoms with Crippen LogP contribution in [0.3, 0.4) is 0 Å².